The normalized spacial score (nSPS) is 17.2. The molecule has 0 aliphatic carbocycles. The van der Waals surface area contributed by atoms with Gasteiger partial charge < -0.3 is 5.32 Å². The standard InChI is InChI=1S/C20H26FN3O3S2/c1-14-12-19(16(3)28-14)29(26,27)24-10-8-23(9-11-24)15(2)20(25)22-13-17-6-4-5-7-18(17)21/h4-7,12,15H,8-11,13H2,1-3H3,(H,22,25). The molecule has 1 N–H and O–H groups in total. The summed E-state index contributed by atoms with van der Waals surface area (Å²) in [6.45, 7) is 7.24. The van der Waals surface area contributed by atoms with Crippen molar-refractivity contribution in [2.24, 2.45) is 0 Å². The fourth-order valence-electron chi connectivity index (χ4n) is 3.47. The Hall–Kier alpha value is -1.81. The molecule has 29 heavy (non-hydrogen) atoms. The van der Waals surface area contributed by atoms with Gasteiger partial charge in [-0.05, 0) is 32.9 Å². The zero-order chi connectivity index (χ0) is 21.2. The minimum absolute atomic E-state index is 0.126. The highest BCUT2D eigenvalue weighted by Gasteiger charge is 2.33. The SMILES string of the molecule is Cc1cc(S(=O)(=O)N2CCN(C(C)C(=O)NCc3ccccc3F)CC2)c(C)s1. The molecule has 1 fully saturated rings. The Labute approximate surface area is 175 Å². The number of sulfonamides is 1. The zero-order valence-corrected chi connectivity index (χ0v) is 18.4. The lowest BCUT2D eigenvalue weighted by Crippen LogP contribution is -2.54. The molecular weight excluding hydrogens is 413 g/mol. The number of piperazine rings is 1. The molecule has 0 radical (unpaired) electrons. The van der Waals surface area contributed by atoms with Crippen LogP contribution in [0.25, 0.3) is 0 Å². The molecule has 6 nitrogen and oxygen atoms in total. The van der Waals surface area contributed by atoms with Crippen molar-refractivity contribution in [1.82, 2.24) is 14.5 Å². The van der Waals surface area contributed by atoms with Crippen molar-refractivity contribution in [2.45, 2.75) is 38.3 Å². The average molecular weight is 440 g/mol. The van der Waals surface area contributed by atoms with Crippen LogP contribution in [0.1, 0.15) is 22.2 Å². The minimum Gasteiger partial charge on any atom is -0.351 e. The molecule has 1 aliphatic rings. The molecule has 0 bridgehead atoms. The number of thiophene rings is 1. The van der Waals surface area contributed by atoms with Crippen LogP contribution in [0.4, 0.5) is 4.39 Å². The minimum atomic E-state index is -3.52. The largest absolute Gasteiger partial charge is 0.351 e. The summed E-state index contributed by atoms with van der Waals surface area (Å²) in [6.07, 6.45) is 0. The highest BCUT2D eigenvalue weighted by atomic mass is 32.2. The van der Waals surface area contributed by atoms with Crippen LogP contribution in [-0.4, -0.2) is 55.8 Å². The Bertz CT molecular complexity index is 983. The summed E-state index contributed by atoms with van der Waals surface area (Å²) in [5, 5.41) is 2.76. The number of nitrogens with one attached hydrogen (secondary N) is 1. The van der Waals surface area contributed by atoms with Crippen molar-refractivity contribution in [2.75, 3.05) is 26.2 Å². The molecule has 0 spiro atoms. The Morgan fingerprint density at radius 1 is 1.21 bits per heavy atom. The van der Waals surface area contributed by atoms with Crippen molar-refractivity contribution < 1.29 is 17.6 Å². The fraction of sp³-hybridized carbons (Fsp3) is 0.450. The molecule has 1 amide bonds. The third-order valence-corrected chi connectivity index (χ3v) is 8.34. The summed E-state index contributed by atoms with van der Waals surface area (Å²) in [5.41, 5.74) is 0.436. The van der Waals surface area contributed by atoms with Gasteiger partial charge in [-0.2, -0.15) is 4.31 Å². The van der Waals surface area contributed by atoms with Crippen LogP contribution in [0.15, 0.2) is 35.2 Å². The molecule has 2 heterocycles. The second kappa shape index (κ2) is 8.91. The first-order valence-electron chi connectivity index (χ1n) is 9.52. The molecule has 158 valence electrons. The molecule has 1 atom stereocenters. The predicted octanol–water partition coefficient (Wildman–Crippen LogP) is 2.52. The predicted molar refractivity (Wildman–Crippen MR) is 112 cm³/mol. The highest BCUT2D eigenvalue weighted by Crippen LogP contribution is 2.28. The number of carbonyl (C=O) groups is 1. The summed E-state index contributed by atoms with van der Waals surface area (Å²) in [4.78, 5) is 16.6. The van der Waals surface area contributed by atoms with Crippen molar-refractivity contribution in [3.05, 3.63) is 51.5 Å². The van der Waals surface area contributed by atoms with E-state index in [0.29, 0.717) is 36.6 Å². The number of nitrogens with zero attached hydrogens (tertiary/aromatic N) is 2. The maximum atomic E-state index is 13.7. The number of halogens is 1. The molecule has 0 saturated carbocycles. The molecule has 1 saturated heterocycles. The Morgan fingerprint density at radius 2 is 1.86 bits per heavy atom. The number of hydrogen-bond acceptors (Lipinski definition) is 5. The van der Waals surface area contributed by atoms with Crippen LogP contribution >= 0.6 is 11.3 Å². The fourth-order valence-corrected chi connectivity index (χ4v) is 6.42. The van der Waals surface area contributed by atoms with Gasteiger partial charge in [-0.25, -0.2) is 12.8 Å². The second-order valence-corrected chi connectivity index (χ2v) is 10.6. The van der Waals surface area contributed by atoms with E-state index in [0.717, 1.165) is 9.75 Å². The second-order valence-electron chi connectivity index (χ2n) is 7.20. The van der Waals surface area contributed by atoms with Gasteiger partial charge >= 0.3 is 0 Å². The van der Waals surface area contributed by atoms with Crippen molar-refractivity contribution in [3.8, 4) is 0 Å². The number of rotatable bonds is 6. The van der Waals surface area contributed by atoms with E-state index < -0.39 is 16.1 Å². The van der Waals surface area contributed by atoms with Crippen molar-refractivity contribution in [1.29, 1.82) is 0 Å². The molecule has 2 aromatic rings. The van der Waals surface area contributed by atoms with E-state index >= 15 is 0 Å². The topological polar surface area (TPSA) is 69.7 Å². The Kier molecular flexibility index (Phi) is 6.72. The smallest absolute Gasteiger partial charge is 0.244 e. The maximum absolute atomic E-state index is 13.7. The van der Waals surface area contributed by atoms with Gasteiger partial charge in [0.25, 0.3) is 0 Å². The zero-order valence-electron chi connectivity index (χ0n) is 16.8. The van der Waals surface area contributed by atoms with Gasteiger partial charge in [-0.1, -0.05) is 18.2 Å². The third kappa shape index (κ3) is 4.85. The van der Waals surface area contributed by atoms with Crippen LogP contribution in [0.5, 0.6) is 0 Å². The molecule has 1 aliphatic heterocycles. The van der Waals surface area contributed by atoms with E-state index in [1.54, 1.807) is 31.2 Å². The summed E-state index contributed by atoms with van der Waals surface area (Å²) in [6, 6.07) is 7.64. The molecule has 3 rings (SSSR count). The molecule has 9 heteroatoms. The van der Waals surface area contributed by atoms with Gasteiger partial charge in [-0.15, -0.1) is 11.3 Å². The molecule has 1 aromatic heterocycles. The van der Waals surface area contributed by atoms with E-state index in [4.69, 9.17) is 0 Å². The lowest BCUT2D eigenvalue weighted by atomic mass is 10.2. The van der Waals surface area contributed by atoms with Crippen molar-refractivity contribution in [3.63, 3.8) is 0 Å². The average Bonchev–Trinajstić information content (AvgIpc) is 3.05. The van der Waals surface area contributed by atoms with Crippen LogP contribution < -0.4 is 5.32 Å². The highest BCUT2D eigenvalue weighted by molar-refractivity contribution is 7.89. The number of aryl methyl sites for hydroxylation is 2. The summed E-state index contributed by atoms with van der Waals surface area (Å²) in [5.74, 6) is -0.549. The van der Waals surface area contributed by atoms with Crippen molar-refractivity contribution >= 4 is 27.3 Å². The maximum Gasteiger partial charge on any atom is 0.244 e. The van der Waals surface area contributed by atoms with Gasteiger partial charge in [0.05, 0.1) is 10.9 Å². The van der Waals surface area contributed by atoms with E-state index in [1.807, 2.05) is 18.7 Å². The van der Waals surface area contributed by atoms with E-state index in [-0.39, 0.29) is 18.3 Å². The van der Waals surface area contributed by atoms with Gasteiger partial charge in [0.2, 0.25) is 15.9 Å². The third-order valence-electron chi connectivity index (χ3n) is 5.22. The molecular formula is C20H26FN3O3S2. The Balaban J connectivity index is 1.56. The lowest BCUT2D eigenvalue weighted by molar-refractivity contribution is -0.126. The van der Waals surface area contributed by atoms with E-state index in [1.165, 1.54) is 21.7 Å². The lowest BCUT2D eigenvalue weighted by Gasteiger charge is -2.36. The summed E-state index contributed by atoms with van der Waals surface area (Å²) >= 11 is 1.48. The van der Waals surface area contributed by atoms with Gasteiger partial charge in [-0.3, -0.25) is 9.69 Å². The first-order valence-corrected chi connectivity index (χ1v) is 11.8. The first-order chi connectivity index (χ1) is 13.7. The first kappa shape index (κ1) is 21.9. The van der Waals surface area contributed by atoms with Crippen LogP contribution in [-0.2, 0) is 21.4 Å². The quantitative estimate of drug-likeness (QED) is 0.751. The number of carbonyl (C=O) groups excluding carboxylic acids is 1. The van der Waals surface area contributed by atoms with E-state index in [2.05, 4.69) is 5.32 Å². The number of hydrogen-bond donors (Lipinski definition) is 1. The number of amides is 1. The van der Waals surface area contributed by atoms with Gasteiger partial charge in [0.15, 0.2) is 0 Å². The molecule has 1 unspecified atom stereocenters. The Morgan fingerprint density at radius 3 is 2.45 bits per heavy atom. The number of benzene rings is 1. The van der Waals surface area contributed by atoms with Gasteiger partial charge in [0, 0.05) is 48.0 Å². The monoisotopic (exact) mass is 439 g/mol. The van der Waals surface area contributed by atoms with Crippen LogP contribution in [0, 0.1) is 19.7 Å². The van der Waals surface area contributed by atoms with E-state index in [9.17, 15) is 17.6 Å². The van der Waals surface area contributed by atoms with Crippen LogP contribution in [0.3, 0.4) is 0 Å². The molecule has 1 aromatic carbocycles. The summed E-state index contributed by atoms with van der Waals surface area (Å²) < 4.78 is 41.0. The van der Waals surface area contributed by atoms with Gasteiger partial charge in [0.1, 0.15) is 5.82 Å². The van der Waals surface area contributed by atoms with Crippen LogP contribution in [0.2, 0.25) is 0 Å². The summed E-state index contributed by atoms with van der Waals surface area (Å²) in [7, 11) is -3.52.